The van der Waals surface area contributed by atoms with Gasteiger partial charge >= 0.3 is 0 Å². The van der Waals surface area contributed by atoms with Crippen LogP contribution >= 0.6 is 0 Å². The molecule has 2 heterocycles. The van der Waals surface area contributed by atoms with Gasteiger partial charge in [0.15, 0.2) is 0 Å². The number of nitrogens with zero attached hydrogens (tertiary/aromatic N) is 2. The maximum atomic E-state index is 9.95. The number of pyridine rings is 1. The predicted octanol–water partition coefficient (Wildman–Crippen LogP) is 2.40. The van der Waals surface area contributed by atoms with Crippen molar-refractivity contribution in [2.75, 3.05) is 0 Å². The Morgan fingerprint density at radius 1 is 1.32 bits per heavy atom. The van der Waals surface area contributed by atoms with Gasteiger partial charge in [-0.15, -0.1) is 0 Å². The summed E-state index contributed by atoms with van der Waals surface area (Å²) in [6, 6.07) is 9.41. The van der Waals surface area contributed by atoms with Crippen LogP contribution in [0.5, 0.6) is 5.75 Å². The highest BCUT2D eigenvalue weighted by Gasteiger charge is 2.12. The van der Waals surface area contributed by atoms with Crippen LogP contribution in [0, 0.1) is 0 Å². The van der Waals surface area contributed by atoms with Crippen molar-refractivity contribution in [1.82, 2.24) is 9.55 Å². The van der Waals surface area contributed by atoms with Crippen LogP contribution in [-0.2, 0) is 13.6 Å². The van der Waals surface area contributed by atoms with E-state index in [1.54, 1.807) is 12.3 Å². The van der Waals surface area contributed by atoms with Gasteiger partial charge < -0.3 is 15.4 Å². The van der Waals surface area contributed by atoms with E-state index in [0.29, 0.717) is 6.54 Å². The largest absolute Gasteiger partial charge is 0.506 e. The molecule has 0 aliphatic heterocycles. The molecule has 3 N–H and O–H groups in total. The number of benzene rings is 1. The van der Waals surface area contributed by atoms with E-state index in [9.17, 15) is 5.11 Å². The van der Waals surface area contributed by atoms with Gasteiger partial charge in [-0.1, -0.05) is 12.1 Å². The Hall–Kier alpha value is -2.33. The van der Waals surface area contributed by atoms with Crippen molar-refractivity contribution in [2.45, 2.75) is 6.54 Å². The minimum absolute atomic E-state index is 0.279. The third kappa shape index (κ3) is 1.86. The molecule has 3 rings (SSSR count). The molecule has 0 radical (unpaired) electrons. The Balaban J connectivity index is 2.28. The van der Waals surface area contributed by atoms with Crippen LogP contribution in [0.4, 0.5) is 0 Å². The number of nitrogens with two attached hydrogens (primary N) is 1. The fourth-order valence-electron chi connectivity index (χ4n) is 2.40. The lowest BCUT2D eigenvalue weighted by atomic mass is 10.1. The predicted molar refractivity (Wildman–Crippen MR) is 75.7 cm³/mol. The van der Waals surface area contributed by atoms with Crippen LogP contribution < -0.4 is 5.73 Å². The Morgan fingerprint density at radius 2 is 2.16 bits per heavy atom. The molecule has 0 bridgehead atoms. The number of fused-ring (bicyclic) bond motifs is 1. The Kier molecular flexibility index (Phi) is 2.72. The molecular weight excluding hydrogens is 238 g/mol. The number of rotatable bonds is 2. The maximum Gasteiger partial charge on any atom is 0.139 e. The monoisotopic (exact) mass is 253 g/mol. The minimum Gasteiger partial charge on any atom is -0.506 e. The summed E-state index contributed by atoms with van der Waals surface area (Å²) in [5.74, 6) is 0.279. The minimum atomic E-state index is 0.279. The first-order chi connectivity index (χ1) is 9.20. The number of para-hydroxylation sites is 1. The second-order valence-corrected chi connectivity index (χ2v) is 4.58. The first kappa shape index (κ1) is 11.7. The van der Waals surface area contributed by atoms with Gasteiger partial charge in [0.05, 0.1) is 11.2 Å². The molecule has 0 aliphatic rings. The molecule has 19 heavy (non-hydrogen) atoms. The molecule has 0 saturated carbocycles. The van der Waals surface area contributed by atoms with Gasteiger partial charge in [-0.05, 0) is 23.8 Å². The molecule has 96 valence electrons. The summed E-state index contributed by atoms with van der Waals surface area (Å²) < 4.78 is 1.91. The number of aromatic hydroxyl groups is 1. The quantitative estimate of drug-likeness (QED) is 0.737. The Bertz CT molecular complexity index is 746. The van der Waals surface area contributed by atoms with Gasteiger partial charge in [-0.2, -0.15) is 0 Å². The van der Waals surface area contributed by atoms with Crippen LogP contribution in [0.1, 0.15) is 5.56 Å². The van der Waals surface area contributed by atoms with E-state index < -0.39 is 0 Å². The van der Waals surface area contributed by atoms with Crippen molar-refractivity contribution < 1.29 is 5.11 Å². The molecule has 0 amide bonds. The lowest BCUT2D eigenvalue weighted by Gasteiger charge is -2.02. The lowest BCUT2D eigenvalue weighted by molar-refractivity contribution is 0.479. The number of aryl methyl sites for hydroxylation is 1. The molecule has 0 spiro atoms. The Morgan fingerprint density at radius 3 is 2.95 bits per heavy atom. The van der Waals surface area contributed by atoms with Crippen molar-refractivity contribution in [2.24, 2.45) is 12.8 Å². The second-order valence-electron chi connectivity index (χ2n) is 4.58. The fourth-order valence-corrected chi connectivity index (χ4v) is 2.40. The summed E-state index contributed by atoms with van der Waals surface area (Å²) in [6.45, 7) is 0.492. The van der Waals surface area contributed by atoms with Crippen molar-refractivity contribution >= 4 is 10.9 Å². The summed E-state index contributed by atoms with van der Waals surface area (Å²) in [7, 11) is 1.92. The first-order valence-corrected chi connectivity index (χ1v) is 6.13. The average Bonchev–Trinajstić information content (AvgIpc) is 2.78. The SMILES string of the molecule is Cn1cc(-c2cc(CN)ccn2)c2cccc(O)c21. The molecule has 0 fully saturated rings. The molecule has 4 nitrogen and oxygen atoms in total. The van der Waals surface area contributed by atoms with Crippen molar-refractivity contribution in [3.63, 3.8) is 0 Å². The summed E-state index contributed by atoms with van der Waals surface area (Å²) in [5, 5.41) is 10.9. The van der Waals surface area contributed by atoms with Gasteiger partial charge in [0, 0.05) is 36.9 Å². The van der Waals surface area contributed by atoms with E-state index >= 15 is 0 Å². The van der Waals surface area contributed by atoms with Crippen LogP contribution in [0.2, 0.25) is 0 Å². The zero-order chi connectivity index (χ0) is 13.4. The van der Waals surface area contributed by atoms with E-state index in [2.05, 4.69) is 4.98 Å². The molecule has 0 aliphatic carbocycles. The molecule has 0 unspecified atom stereocenters. The van der Waals surface area contributed by atoms with E-state index in [0.717, 1.165) is 27.7 Å². The molecule has 0 atom stereocenters. The van der Waals surface area contributed by atoms with Crippen LogP contribution in [0.15, 0.2) is 42.7 Å². The van der Waals surface area contributed by atoms with Gasteiger partial charge in [0.2, 0.25) is 0 Å². The van der Waals surface area contributed by atoms with Crippen molar-refractivity contribution in [1.29, 1.82) is 0 Å². The van der Waals surface area contributed by atoms with E-state index in [4.69, 9.17) is 5.73 Å². The zero-order valence-electron chi connectivity index (χ0n) is 10.7. The summed E-state index contributed by atoms with van der Waals surface area (Å²) in [5.41, 5.74) is 9.40. The maximum absolute atomic E-state index is 9.95. The molecule has 1 aromatic carbocycles. The molecule has 3 aromatic rings. The second kappa shape index (κ2) is 4.40. The summed E-state index contributed by atoms with van der Waals surface area (Å²) >= 11 is 0. The van der Waals surface area contributed by atoms with Gasteiger partial charge in [-0.25, -0.2) is 0 Å². The molecule has 2 aromatic heterocycles. The van der Waals surface area contributed by atoms with Crippen LogP contribution in [0.25, 0.3) is 22.2 Å². The lowest BCUT2D eigenvalue weighted by Crippen LogP contribution is -1.96. The highest BCUT2D eigenvalue weighted by Crippen LogP contribution is 2.33. The molecular formula is C15H15N3O. The van der Waals surface area contributed by atoms with E-state index in [1.807, 2.05) is 42.1 Å². The highest BCUT2D eigenvalue weighted by molar-refractivity contribution is 5.98. The highest BCUT2D eigenvalue weighted by atomic mass is 16.3. The standard InChI is InChI=1S/C15H15N3O/c1-18-9-12(11-3-2-4-14(19)15(11)18)13-7-10(8-16)5-6-17-13/h2-7,9,19H,8,16H2,1H3. The number of phenols is 1. The van der Waals surface area contributed by atoms with E-state index in [-0.39, 0.29) is 5.75 Å². The normalized spacial score (nSPS) is 11.1. The van der Waals surface area contributed by atoms with E-state index in [1.165, 1.54) is 0 Å². The zero-order valence-corrected chi connectivity index (χ0v) is 10.7. The third-order valence-corrected chi connectivity index (χ3v) is 3.32. The summed E-state index contributed by atoms with van der Waals surface area (Å²) in [4.78, 5) is 4.40. The number of hydrogen-bond acceptors (Lipinski definition) is 3. The number of phenolic OH excluding ortho intramolecular Hbond substituents is 1. The summed E-state index contributed by atoms with van der Waals surface area (Å²) in [6.07, 6.45) is 3.74. The van der Waals surface area contributed by atoms with Crippen LogP contribution in [0.3, 0.4) is 0 Å². The Labute approximate surface area is 111 Å². The van der Waals surface area contributed by atoms with Crippen molar-refractivity contribution in [3.05, 3.63) is 48.3 Å². The number of hydrogen-bond donors (Lipinski definition) is 2. The smallest absolute Gasteiger partial charge is 0.139 e. The fraction of sp³-hybridized carbons (Fsp3) is 0.133. The van der Waals surface area contributed by atoms with Crippen LogP contribution in [-0.4, -0.2) is 14.7 Å². The molecule has 4 heteroatoms. The van der Waals surface area contributed by atoms with Gasteiger partial charge in [0.1, 0.15) is 5.75 Å². The third-order valence-electron chi connectivity index (χ3n) is 3.32. The first-order valence-electron chi connectivity index (χ1n) is 6.13. The van der Waals surface area contributed by atoms with Gasteiger partial charge in [0.25, 0.3) is 0 Å². The van der Waals surface area contributed by atoms with Crippen molar-refractivity contribution in [3.8, 4) is 17.0 Å². The average molecular weight is 253 g/mol. The van der Waals surface area contributed by atoms with Gasteiger partial charge in [-0.3, -0.25) is 4.98 Å². The molecule has 0 saturated heterocycles. The number of aromatic nitrogens is 2. The topological polar surface area (TPSA) is 64.1 Å².